The zero-order chi connectivity index (χ0) is 21.4. The molecule has 0 fully saturated rings. The molecule has 1 heterocycles. The van der Waals surface area contributed by atoms with Crippen molar-refractivity contribution < 1.29 is 30.7 Å². The molecule has 0 saturated heterocycles. The first kappa shape index (κ1) is 20.7. The lowest BCUT2D eigenvalue weighted by Gasteiger charge is -2.15. The number of rotatable bonds is 4. The molecule has 0 unspecified atom stereocenters. The van der Waals surface area contributed by atoms with Gasteiger partial charge in [0.1, 0.15) is 11.6 Å². The molecule has 3 rings (SSSR count). The molecule has 152 valence electrons. The van der Waals surface area contributed by atoms with Crippen molar-refractivity contribution in [3.8, 4) is 28.1 Å². The molecule has 0 atom stereocenters. The number of hydrogen-bond acceptors (Lipinski definition) is 4. The van der Waals surface area contributed by atoms with Crippen LogP contribution < -0.4 is 9.88 Å². The van der Waals surface area contributed by atoms with Gasteiger partial charge in [-0.15, -0.1) is 13.2 Å². The van der Waals surface area contributed by atoms with E-state index in [1.54, 1.807) is 0 Å². The molecule has 10 heteroatoms. The number of nitrogens with zero attached hydrogens (tertiary/aromatic N) is 1. The Hall–Kier alpha value is -2.98. The third-order valence-corrected chi connectivity index (χ3v) is 4.97. The minimum atomic E-state index is -4.88. The summed E-state index contributed by atoms with van der Waals surface area (Å²) in [5.41, 5.74) is 0.686. The molecule has 1 aromatic heterocycles. The summed E-state index contributed by atoms with van der Waals surface area (Å²) in [7, 11) is -4.10. The van der Waals surface area contributed by atoms with Crippen LogP contribution in [0.1, 0.15) is 5.56 Å². The predicted molar refractivity (Wildman–Crippen MR) is 97.9 cm³/mol. The van der Waals surface area contributed by atoms with Crippen molar-refractivity contribution in [2.45, 2.75) is 18.2 Å². The largest absolute Gasteiger partial charge is 0.573 e. The first-order valence-corrected chi connectivity index (χ1v) is 9.65. The van der Waals surface area contributed by atoms with Crippen LogP contribution in [-0.4, -0.2) is 19.8 Å². The molecule has 0 aliphatic heterocycles. The van der Waals surface area contributed by atoms with Crippen molar-refractivity contribution in [2.75, 3.05) is 0 Å². The van der Waals surface area contributed by atoms with E-state index in [1.165, 1.54) is 37.4 Å². The summed E-state index contributed by atoms with van der Waals surface area (Å²) < 4.78 is 79.7. The third kappa shape index (κ3) is 4.72. The Morgan fingerprint density at radius 3 is 2.41 bits per heavy atom. The Kier molecular flexibility index (Phi) is 5.33. The van der Waals surface area contributed by atoms with E-state index in [0.717, 1.165) is 24.3 Å². The van der Waals surface area contributed by atoms with Crippen LogP contribution in [0.2, 0.25) is 0 Å². The third-order valence-electron chi connectivity index (χ3n) is 4.05. The Morgan fingerprint density at radius 1 is 1.03 bits per heavy atom. The lowest BCUT2D eigenvalue weighted by atomic mass is 9.98. The summed E-state index contributed by atoms with van der Waals surface area (Å²) in [5, 5.41) is 5.10. The van der Waals surface area contributed by atoms with Gasteiger partial charge in [-0.05, 0) is 48.4 Å². The van der Waals surface area contributed by atoms with E-state index in [2.05, 4.69) is 9.72 Å². The highest BCUT2D eigenvalue weighted by molar-refractivity contribution is 7.89. The second-order valence-corrected chi connectivity index (χ2v) is 7.68. The van der Waals surface area contributed by atoms with E-state index >= 15 is 0 Å². The molecule has 0 saturated carbocycles. The molecule has 0 radical (unpaired) electrons. The number of pyridine rings is 1. The standard InChI is InChI=1S/C19H14F4N2O3S/c1-11-4-5-12(9-17(11)28-19(21,22)23)14-3-2-8-25-18(14)15-10-13(29(24,26)27)6-7-16(15)20/h2-10H,1H3,(H2,24,26,27). The van der Waals surface area contributed by atoms with Gasteiger partial charge in [-0.25, -0.2) is 17.9 Å². The first-order chi connectivity index (χ1) is 13.5. The Morgan fingerprint density at radius 2 is 1.76 bits per heavy atom. The first-order valence-electron chi connectivity index (χ1n) is 8.10. The number of ether oxygens (including phenoxy) is 1. The van der Waals surface area contributed by atoms with Crippen LogP contribution in [0.25, 0.3) is 22.4 Å². The van der Waals surface area contributed by atoms with Crippen molar-refractivity contribution in [3.63, 3.8) is 0 Å². The van der Waals surface area contributed by atoms with Crippen LogP contribution in [-0.2, 0) is 10.0 Å². The topological polar surface area (TPSA) is 82.3 Å². The number of halogens is 4. The summed E-state index contributed by atoms with van der Waals surface area (Å²) in [4.78, 5) is 3.77. The molecule has 0 bridgehead atoms. The lowest BCUT2D eigenvalue weighted by Crippen LogP contribution is -2.17. The van der Waals surface area contributed by atoms with Gasteiger partial charge in [-0.2, -0.15) is 0 Å². The summed E-state index contributed by atoms with van der Waals surface area (Å²) in [6.07, 6.45) is -3.53. The monoisotopic (exact) mass is 426 g/mol. The maximum atomic E-state index is 14.5. The number of benzene rings is 2. The van der Waals surface area contributed by atoms with E-state index < -0.39 is 28.0 Å². The average molecular weight is 426 g/mol. The maximum absolute atomic E-state index is 14.5. The van der Waals surface area contributed by atoms with Crippen molar-refractivity contribution in [1.82, 2.24) is 4.98 Å². The van der Waals surface area contributed by atoms with Gasteiger partial charge in [0.2, 0.25) is 10.0 Å². The van der Waals surface area contributed by atoms with Crippen LogP contribution in [0, 0.1) is 12.7 Å². The molecule has 3 aromatic rings. The molecule has 2 N–H and O–H groups in total. The van der Waals surface area contributed by atoms with Crippen molar-refractivity contribution >= 4 is 10.0 Å². The molecular weight excluding hydrogens is 412 g/mol. The highest BCUT2D eigenvalue weighted by Gasteiger charge is 2.32. The average Bonchev–Trinajstić information content (AvgIpc) is 2.62. The van der Waals surface area contributed by atoms with Gasteiger partial charge in [-0.3, -0.25) is 4.98 Å². The van der Waals surface area contributed by atoms with E-state index in [-0.39, 0.29) is 32.8 Å². The van der Waals surface area contributed by atoms with Gasteiger partial charge in [0.05, 0.1) is 10.6 Å². The molecule has 0 aliphatic carbocycles. The zero-order valence-corrected chi connectivity index (χ0v) is 15.7. The number of alkyl halides is 3. The van der Waals surface area contributed by atoms with Gasteiger partial charge in [0.15, 0.2) is 0 Å². The van der Waals surface area contributed by atoms with Crippen LogP contribution >= 0.6 is 0 Å². The van der Waals surface area contributed by atoms with E-state index in [1.807, 2.05) is 0 Å². The number of primary sulfonamides is 1. The fraction of sp³-hybridized carbons (Fsp3) is 0.105. The second-order valence-electron chi connectivity index (χ2n) is 6.11. The molecular formula is C19H14F4N2O3S. The number of hydrogen-bond donors (Lipinski definition) is 1. The quantitative estimate of drug-likeness (QED) is 0.627. The smallest absolute Gasteiger partial charge is 0.405 e. The van der Waals surface area contributed by atoms with E-state index in [9.17, 15) is 26.0 Å². The summed E-state index contributed by atoms with van der Waals surface area (Å²) >= 11 is 0. The van der Waals surface area contributed by atoms with Crippen LogP contribution in [0.5, 0.6) is 5.75 Å². The van der Waals surface area contributed by atoms with Gasteiger partial charge in [0, 0.05) is 17.3 Å². The van der Waals surface area contributed by atoms with Crippen molar-refractivity contribution in [2.24, 2.45) is 5.14 Å². The summed E-state index contributed by atoms with van der Waals surface area (Å²) in [6, 6.07) is 10.1. The lowest BCUT2D eigenvalue weighted by molar-refractivity contribution is -0.274. The van der Waals surface area contributed by atoms with Crippen LogP contribution in [0.15, 0.2) is 59.6 Å². The van der Waals surface area contributed by atoms with Crippen LogP contribution in [0.4, 0.5) is 17.6 Å². The van der Waals surface area contributed by atoms with Crippen molar-refractivity contribution in [1.29, 1.82) is 0 Å². The number of sulfonamides is 1. The molecule has 29 heavy (non-hydrogen) atoms. The molecule has 0 amide bonds. The Balaban J connectivity index is 2.18. The summed E-state index contributed by atoms with van der Waals surface area (Å²) in [5.74, 6) is -1.18. The highest BCUT2D eigenvalue weighted by atomic mass is 32.2. The highest BCUT2D eigenvalue weighted by Crippen LogP contribution is 2.36. The molecule has 5 nitrogen and oxygen atoms in total. The van der Waals surface area contributed by atoms with Crippen LogP contribution in [0.3, 0.4) is 0 Å². The molecule has 2 aromatic carbocycles. The molecule has 0 aliphatic rings. The normalized spacial score (nSPS) is 12.1. The number of nitrogens with two attached hydrogens (primary N) is 1. The Bertz CT molecular complexity index is 1180. The van der Waals surface area contributed by atoms with Gasteiger partial charge in [-0.1, -0.05) is 18.2 Å². The van der Waals surface area contributed by atoms with Gasteiger partial charge in [0.25, 0.3) is 0 Å². The van der Waals surface area contributed by atoms with E-state index in [0.29, 0.717) is 0 Å². The predicted octanol–water partition coefficient (Wildman–Crippen LogP) is 4.41. The minimum absolute atomic E-state index is 0.0392. The fourth-order valence-corrected chi connectivity index (χ4v) is 3.26. The fourth-order valence-electron chi connectivity index (χ4n) is 2.72. The second kappa shape index (κ2) is 7.45. The number of aryl methyl sites for hydroxylation is 1. The zero-order valence-electron chi connectivity index (χ0n) is 14.9. The van der Waals surface area contributed by atoms with E-state index in [4.69, 9.17) is 5.14 Å². The Labute approximate surface area is 163 Å². The minimum Gasteiger partial charge on any atom is -0.405 e. The maximum Gasteiger partial charge on any atom is 0.573 e. The SMILES string of the molecule is Cc1ccc(-c2cccnc2-c2cc(S(N)(=O)=O)ccc2F)cc1OC(F)(F)F. The van der Waals surface area contributed by atoms with Gasteiger partial charge >= 0.3 is 6.36 Å². The number of aromatic nitrogens is 1. The van der Waals surface area contributed by atoms with Crippen molar-refractivity contribution in [3.05, 3.63) is 66.1 Å². The molecule has 0 spiro atoms. The summed E-state index contributed by atoms with van der Waals surface area (Å²) in [6.45, 7) is 1.45. The van der Waals surface area contributed by atoms with Gasteiger partial charge < -0.3 is 4.74 Å².